The summed E-state index contributed by atoms with van der Waals surface area (Å²) in [4.78, 5) is 0.370. The Kier molecular flexibility index (Phi) is 5.24. The van der Waals surface area contributed by atoms with Crippen molar-refractivity contribution in [3.63, 3.8) is 0 Å². The van der Waals surface area contributed by atoms with Crippen LogP contribution in [0.2, 0.25) is 0 Å². The summed E-state index contributed by atoms with van der Waals surface area (Å²) in [5, 5.41) is 0. The van der Waals surface area contributed by atoms with Gasteiger partial charge in [0, 0.05) is 12.6 Å². The molecule has 0 aromatic heterocycles. The summed E-state index contributed by atoms with van der Waals surface area (Å²) in [6, 6.07) is 5.29. The lowest BCUT2D eigenvalue weighted by atomic mass is 10.1. The largest absolute Gasteiger partial charge is 0.497 e. The van der Waals surface area contributed by atoms with Gasteiger partial charge in [0.15, 0.2) is 0 Å². The first-order chi connectivity index (χ1) is 10.0. The predicted octanol–water partition coefficient (Wildman–Crippen LogP) is 1.76. The molecular weight excluding hydrogens is 288 g/mol. The zero-order valence-electron chi connectivity index (χ0n) is 12.7. The van der Waals surface area contributed by atoms with Crippen molar-refractivity contribution in [1.29, 1.82) is 0 Å². The average Bonchev–Trinajstić information content (AvgIpc) is 3.29. The standard InChI is InChI=1S/C15H24N2O3S/c1-3-10-17(13-4-5-13)21(18,19)15-7-6-14(20-2)11-12(15)8-9-16/h6-7,11,13H,3-5,8-10,16H2,1-2H3. The lowest BCUT2D eigenvalue weighted by Gasteiger charge is -2.23. The summed E-state index contributed by atoms with van der Waals surface area (Å²) in [5.41, 5.74) is 6.36. The highest BCUT2D eigenvalue weighted by molar-refractivity contribution is 7.89. The van der Waals surface area contributed by atoms with E-state index >= 15 is 0 Å². The third-order valence-corrected chi connectivity index (χ3v) is 5.72. The molecule has 0 saturated heterocycles. The first kappa shape index (κ1) is 16.3. The Bertz CT molecular complexity index is 583. The van der Waals surface area contributed by atoms with E-state index in [0.29, 0.717) is 30.2 Å². The molecule has 1 aliphatic rings. The number of methoxy groups -OCH3 is 1. The number of nitrogens with two attached hydrogens (primary N) is 1. The number of hydrogen-bond donors (Lipinski definition) is 1. The highest BCUT2D eigenvalue weighted by atomic mass is 32.2. The molecular formula is C15H24N2O3S. The maximum atomic E-state index is 12.9. The molecule has 0 radical (unpaired) electrons. The maximum Gasteiger partial charge on any atom is 0.243 e. The Morgan fingerprint density at radius 1 is 1.38 bits per heavy atom. The van der Waals surface area contributed by atoms with E-state index in [4.69, 9.17) is 10.5 Å². The van der Waals surface area contributed by atoms with E-state index in [9.17, 15) is 8.42 Å². The highest BCUT2D eigenvalue weighted by Gasteiger charge is 2.38. The molecule has 0 aliphatic heterocycles. The first-order valence-electron chi connectivity index (χ1n) is 7.43. The molecule has 1 fully saturated rings. The van der Waals surface area contributed by atoms with Crippen LogP contribution >= 0.6 is 0 Å². The van der Waals surface area contributed by atoms with Crippen LogP contribution in [0.25, 0.3) is 0 Å². The third kappa shape index (κ3) is 3.56. The molecule has 1 aromatic rings. The number of benzene rings is 1. The number of nitrogens with zero attached hydrogens (tertiary/aromatic N) is 1. The molecule has 21 heavy (non-hydrogen) atoms. The molecule has 0 atom stereocenters. The summed E-state index contributed by atoms with van der Waals surface area (Å²) in [7, 11) is -1.88. The summed E-state index contributed by atoms with van der Waals surface area (Å²) in [6.07, 6.45) is 3.26. The molecule has 5 nitrogen and oxygen atoms in total. The van der Waals surface area contributed by atoms with Crippen LogP contribution in [0, 0.1) is 0 Å². The molecule has 0 amide bonds. The molecule has 118 valence electrons. The minimum Gasteiger partial charge on any atom is -0.497 e. The van der Waals surface area contributed by atoms with Gasteiger partial charge in [-0.3, -0.25) is 0 Å². The molecule has 6 heteroatoms. The van der Waals surface area contributed by atoms with Crippen molar-refractivity contribution in [2.45, 2.75) is 43.5 Å². The molecule has 1 saturated carbocycles. The Hall–Kier alpha value is -1.11. The second kappa shape index (κ2) is 6.77. The van der Waals surface area contributed by atoms with Crippen molar-refractivity contribution in [3.05, 3.63) is 23.8 Å². The van der Waals surface area contributed by atoms with Gasteiger partial charge in [-0.15, -0.1) is 0 Å². The van der Waals surface area contributed by atoms with E-state index in [0.717, 1.165) is 24.8 Å². The smallest absolute Gasteiger partial charge is 0.243 e. The van der Waals surface area contributed by atoms with Crippen LogP contribution in [-0.2, 0) is 16.4 Å². The van der Waals surface area contributed by atoms with Crippen LogP contribution < -0.4 is 10.5 Å². The number of sulfonamides is 1. The van der Waals surface area contributed by atoms with E-state index in [2.05, 4.69) is 0 Å². The second-order valence-corrected chi connectivity index (χ2v) is 7.22. The zero-order valence-corrected chi connectivity index (χ0v) is 13.5. The summed E-state index contributed by atoms with van der Waals surface area (Å²) in [5.74, 6) is 0.658. The lowest BCUT2D eigenvalue weighted by Crippen LogP contribution is -2.34. The van der Waals surface area contributed by atoms with Crippen LogP contribution in [0.5, 0.6) is 5.75 Å². The van der Waals surface area contributed by atoms with Crippen molar-refractivity contribution in [2.75, 3.05) is 20.2 Å². The van der Waals surface area contributed by atoms with E-state index in [1.807, 2.05) is 6.92 Å². The van der Waals surface area contributed by atoms with Gasteiger partial charge in [-0.05, 0) is 56.0 Å². The van der Waals surface area contributed by atoms with Gasteiger partial charge in [-0.1, -0.05) is 6.92 Å². The topological polar surface area (TPSA) is 72.6 Å². The van der Waals surface area contributed by atoms with Gasteiger partial charge in [-0.2, -0.15) is 4.31 Å². The molecule has 2 rings (SSSR count). The van der Waals surface area contributed by atoms with Crippen LogP contribution in [0.3, 0.4) is 0 Å². The van der Waals surface area contributed by atoms with Crippen molar-refractivity contribution in [2.24, 2.45) is 5.73 Å². The Balaban J connectivity index is 2.42. The van der Waals surface area contributed by atoms with E-state index in [1.165, 1.54) is 0 Å². The van der Waals surface area contributed by atoms with Crippen LogP contribution in [-0.4, -0.2) is 39.0 Å². The SMILES string of the molecule is CCCN(C1CC1)S(=O)(=O)c1ccc(OC)cc1CCN. The Morgan fingerprint density at radius 3 is 2.62 bits per heavy atom. The highest BCUT2D eigenvalue weighted by Crippen LogP contribution is 2.34. The summed E-state index contributed by atoms with van der Waals surface area (Å²) < 4.78 is 32.7. The normalized spacial score (nSPS) is 15.4. The van der Waals surface area contributed by atoms with Crippen molar-refractivity contribution in [3.8, 4) is 5.75 Å². The van der Waals surface area contributed by atoms with E-state index < -0.39 is 10.0 Å². The Morgan fingerprint density at radius 2 is 2.10 bits per heavy atom. The summed E-state index contributed by atoms with van der Waals surface area (Å²) >= 11 is 0. The lowest BCUT2D eigenvalue weighted by molar-refractivity contribution is 0.401. The fraction of sp³-hybridized carbons (Fsp3) is 0.600. The maximum absolute atomic E-state index is 12.9. The van der Waals surface area contributed by atoms with Gasteiger partial charge in [0.25, 0.3) is 0 Å². The second-order valence-electron chi connectivity index (χ2n) is 5.36. The minimum absolute atomic E-state index is 0.169. The summed E-state index contributed by atoms with van der Waals surface area (Å²) in [6.45, 7) is 2.98. The quantitative estimate of drug-likeness (QED) is 0.794. The van der Waals surface area contributed by atoms with Gasteiger partial charge in [0.05, 0.1) is 12.0 Å². The van der Waals surface area contributed by atoms with Gasteiger partial charge >= 0.3 is 0 Å². The van der Waals surface area contributed by atoms with Crippen molar-refractivity contribution >= 4 is 10.0 Å². The van der Waals surface area contributed by atoms with Gasteiger partial charge < -0.3 is 10.5 Å². The van der Waals surface area contributed by atoms with E-state index in [1.54, 1.807) is 29.6 Å². The van der Waals surface area contributed by atoms with Gasteiger partial charge in [0.2, 0.25) is 10.0 Å². The third-order valence-electron chi connectivity index (χ3n) is 3.67. The van der Waals surface area contributed by atoms with Gasteiger partial charge in [0.1, 0.15) is 5.75 Å². The molecule has 0 heterocycles. The van der Waals surface area contributed by atoms with Crippen LogP contribution in [0.15, 0.2) is 23.1 Å². The molecule has 0 bridgehead atoms. The number of ether oxygens (including phenoxy) is 1. The van der Waals surface area contributed by atoms with Crippen molar-refractivity contribution in [1.82, 2.24) is 4.31 Å². The fourth-order valence-electron chi connectivity index (χ4n) is 2.49. The molecule has 0 spiro atoms. The van der Waals surface area contributed by atoms with Gasteiger partial charge in [-0.25, -0.2) is 8.42 Å². The van der Waals surface area contributed by atoms with E-state index in [-0.39, 0.29) is 6.04 Å². The van der Waals surface area contributed by atoms with Crippen LogP contribution in [0.1, 0.15) is 31.7 Å². The van der Waals surface area contributed by atoms with Crippen molar-refractivity contribution < 1.29 is 13.2 Å². The van der Waals surface area contributed by atoms with Crippen LogP contribution in [0.4, 0.5) is 0 Å². The average molecular weight is 312 g/mol. The molecule has 2 N–H and O–H groups in total. The first-order valence-corrected chi connectivity index (χ1v) is 8.87. The number of rotatable bonds is 8. The molecule has 0 unspecified atom stereocenters. The Labute approximate surface area is 127 Å². The monoisotopic (exact) mass is 312 g/mol. The zero-order chi connectivity index (χ0) is 15.5. The number of hydrogen-bond acceptors (Lipinski definition) is 4. The molecule has 1 aromatic carbocycles. The molecule has 1 aliphatic carbocycles. The predicted molar refractivity (Wildman–Crippen MR) is 83.0 cm³/mol. The fourth-order valence-corrected chi connectivity index (χ4v) is 4.50. The minimum atomic E-state index is -3.46.